The normalized spacial score (nSPS) is 17.9. The van der Waals surface area contributed by atoms with Crippen LogP contribution in [0.2, 0.25) is 0 Å². The summed E-state index contributed by atoms with van der Waals surface area (Å²) < 4.78 is 5.68. The minimum atomic E-state index is 0.0287. The minimum Gasteiger partial charge on any atom is -0.491 e. The molecule has 0 fully saturated rings. The average molecular weight is 264 g/mol. The summed E-state index contributed by atoms with van der Waals surface area (Å²) >= 11 is 0. The second-order valence-corrected chi connectivity index (χ2v) is 4.89. The van der Waals surface area contributed by atoms with Gasteiger partial charge in [0.15, 0.2) is 0 Å². The quantitative estimate of drug-likeness (QED) is 0.921. The van der Waals surface area contributed by atoms with Crippen LogP contribution in [0.3, 0.4) is 0 Å². The van der Waals surface area contributed by atoms with E-state index in [1.165, 1.54) is 5.56 Å². The first-order chi connectivity index (χ1) is 9.88. The summed E-state index contributed by atoms with van der Waals surface area (Å²) in [7, 11) is 0. The van der Waals surface area contributed by atoms with Gasteiger partial charge in [0, 0.05) is 11.6 Å². The molecule has 0 spiro atoms. The van der Waals surface area contributed by atoms with Crippen molar-refractivity contribution in [3.8, 4) is 11.8 Å². The van der Waals surface area contributed by atoms with Crippen LogP contribution in [0.1, 0.15) is 29.6 Å². The molecule has 1 aliphatic rings. The van der Waals surface area contributed by atoms with Gasteiger partial charge in [-0.3, -0.25) is 5.32 Å². The number of nitriles is 1. The first-order valence-electron chi connectivity index (χ1n) is 6.78. The molecule has 0 radical (unpaired) electrons. The minimum absolute atomic E-state index is 0.0287. The van der Waals surface area contributed by atoms with Crippen molar-refractivity contribution in [3.05, 3.63) is 65.7 Å². The average Bonchev–Trinajstić information content (AvgIpc) is 2.91. The summed E-state index contributed by atoms with van der Waals surface area (Å²) in [4.78, 5) is 0. The molecule has 0 bridgehead atoms. The SMILES string of the molecule is N#CCC(NC1COc2ccccc21)c1ccccc1. The lowest BCUT2D eigenvalue weighted by atomic mass is 10.0. The maximum atomic E-state index is 9.05. The van der Waals surface area contributed by atoms with Crippen LogP contribution in [-0.2, 0) is 0 Å². The number of hydrogen-bond donors (Lipinski definition) is 1. The van der Waals surface area contributed by atoms with Crippen LogP contribution < -0.4 is 10.1 Å². The van der Waals surface area contributed by atoms with Crippen LogP contribution in [0.15, 0.2) is 54.6 Å². The summed E-state index contributed by atoms with van der Waals surface area (Å²) in [6.07, 6.45) is 0.447. The molecule has 0 aliphatic carbocycles. The zero-order chi connectivity index (χ0) is 13.8. The Kier molecular flexibility index (Phi) is 3.67. The van der Waals surface area contributed by atoms with Crippen LogP contribution >= 0.6 is 0 Å². The van der Waals surface area contributed by atoms with Gasteiger partial charge in [-0.25, -0.2) is 0 Å². The van der Waals surface area contributed by atoms with Crippen LogP contribution in [-0.4, -0.2) is 6.61 Å². The largest absolute Gasteiger partial charge is 0.491 e. The summed E-state index contributed by atoms with van der Waals surface area (Å²) in [5.41, 5.74) is 2.31. The van der Waals surface area contributed by atoms with Gasteiger partial charge in [0.1, 0.15) is 12.4 Å². The van der Waals surface area contributed by atoms with Crippen molar-refractivity contribution in [2.75, 3.05) is 6.61 Å². The molecule has 2 atom stereocenters. The zero-order valence-corrected chi connectivity index (χ0v) is 11.1. The van der Waals surface area contributed by atoms with E-state index < -0.39 is 0 Å². The molecule has 3 nitrogen and oxygen atoms in total. The number of benzene rings is 2. The molecule has 100 valence electrons. The topological polar surface area (TPSA) is 45.0 Å². The van der Waals surface area contributed by atoms with Crippen LogP contribution in [0, 0.1) is 11.3 Å². The molecule has 3 rings (SSSR count). The fraction of sp³-hybridized carbons (Fsp3) is 0.235. The van der Waals surface area contributed by atoms with E-state index in [-0.39, 0.29) is 12.1 Å². The molecular weight excluding hydrogens is 248 g/mol. The molecule has 1 aliphatic heterocycles. The van der Waals surface area contributed by atoms with Gasteiger partial charge in [0.2, 0.25) is 0 Å². The third kappa shape index (κ3) is 2.52. The fourth-order valence-corrected chi connectivity index (χ4v) is 2.59. The van der Waals surface area contributed by atoms with Crippen LogP contribution in [0.4, 0.5) is 0 Å². The lowest BCUT2D eigenvalue weighted by Gasteiger charge is -2.20. The molecular formula is C17H16N2O. The lowest BCUT2D eigenvalue weighted by molar-refractivity contribution is 0.298. The highest BCUT2D eigenvalue weighted by atomic mass is 16.5. The molecule has 2 aromatic carbocycles. The third-order valence-electron chi connectivity index (χ3n) is 3.60. The molecule has 2 unspecified atom stereocenters. The van der Waals surface area contributed by atoms with Gasteiger partial charge in [-0.1, -0.05) is 48.5 Å². The van der Waals surface area contributed by atoms with E-state index in [9.17, 15) is 0 Å². The highest BCUT2D eigenvalue weighted by Crippen LogP contribution is 2.33. The fourth-order valence-electron chi connectivity index (χ4n) is 2.59. The summed E-state index contributed by atoms with van der Waals surface area (Å²) in [5.74, 6) is 0.939. The van der Waals surface area contributed by atoms with Crippen molar-refractivity contribution in [2.24, 2.45) is 0 Å². The number of nitrogens with zero attached hydrogens (tertiary/aromatic N) is 1. The lowest BCUT2D eigenvalue weighted by Crippen LogP contribution is -2.27. The molecule has 0 amide bonds. The van der Waals surface area contributed by atoms with Crippen molar-refractivity contribution >= 4 is 0 Å². The Morgan fingerprint density at radius 3 is 2.70 bits per heavy atom. The number of hydrogen-bond acceptors (Lipinski definition) is 3. The molecule has 1 heterocycles. The Morgan fingerprint density at radius 2 is 1.90 bits per heavy atom. The van der Waals surface area contributed by atoms with Gasteiger partial charge in [-0.05, 0) is 11.6 Å². The second kappa shape index (κ2) is 5.77. The Labute approximate surface area is 118 Å². The van der Waals surface area contributed by atoms with Crippen molar-refractivity contribution in [3.63, 3.8) is 0 Å². The molecule has 0 saturated heterocycles. The van der Waals surface area contributed by atoms with Gasteiger partial charge in [-0.2, -0.15) is 5.26 Å². The van der Waals surface area contributed by atoms with Gasteiger partial charge in [0.25, 0.3) is 0 Å². The number of fused-ring (bicyclic) bond motifs is 1. The Balaban J connectivity index is 1.80. The first kappa shape index (κ1) is 12.7. The molecule has 3 heteroatoms. The third-order valence-corrected chi connectivity index (χ3v) is 3.60. The maximum Gasteiger partial charge on any atom is 0.124 e. The summed E-state index contributed by atoms with van der Waals surface area (Å²) in [6.45, 7) is 0.619. The standard InChI is InChI=1S/C17H16N2O/c18-11-10-15(13-6-2-1-3-7-13)19-16-12-20-17-9-5-4-8-14(16)17/h1-9,15-16,19H,10,12H2. The van der Waals surface area contributed by atoms with Gasteiger partial charge < -0.3 is 4.74 Å². The smallest absolute Gasteiger partial charge is 0.124 e. The van der Waals surface area contributed by atoms with E-state index >= 15 is 0 Å². The van der Waals surface area contributed by atoms with Gasteiger partial charge in [0.05, 0.1) is 18.5 Å². The highest BCUT2D eigenvalue weighted by Gasteiger charge is 2.26. The monoisotopic (exact) mass is 264 g/mol. The molecule has 1 N–H and O–H groups in total. The Hall–Kier alpha value is -2.31. The summed E-state index contributed by atoms with van der Waals surface area (Å²) in [5, 5.41) is 12.6. The number of para-hydroxylation sites is 1. The van der Waals surface area contributed by atoms with E-state index in [2.05, 4.69) is 29.6 Å². The summed E-state index contributed by atoms with van der Waals surface area (Å²) in [6, 6.07) is 20.6. The predicted octanol–water partition coefficient (Wildman–Crippen LogP) is 3.36. The van der Waals surface area contributed by atoms with Crippen molar-refractivity contribution in [2.45, 2.75) is 18.5 Å². The van der Waals surface area contributed by atoms with E-state index in [4.69, 9.17) is 10.00 Å². The Morgan fingerprint density at radius 1 is 1.15 bits per heavy atom. The first-order valence-corrected chi connectivity index (χ1v) is 6.78. The highest BCUT2D eigenvalue weighted by molar-refractivity contribution is 5.39. The van der Waals surface area contributed by atoms with Crippen molar-refractivity contribution in [1.82, 2.24) is 5.32 Å². The molecule has 0 aromatic heterocycles. The van der Waals surface area contributed by atoms with E-state index in [1.54, 1.807) is 0 Å². The van der Waals surface area contributed by atoms with E-state index in [0.717, 1.165) is 11.3 Å². The van der Waals surface area contributed by atoms with Crippen LogP contribution in [0.5, 0.6) is 5.75 Å². The molecule has 0 saturated carbocycles. The van der Waals surface area contributed by atoms with Crippen LogP contribution in [0.25, 0.3) is 0 Å². The zero-order valence-electron chi connectivity index (χ0n) is 11.1. The van der Waals surface area contributed by atoms with E-state index in [0.29, 0.717) is 13.0 Å². The molecule has 2 aromatic rings. The van der Waals surface area contributed by atoms with Gasteiger partial charge >= 0.3 is 0 Å². The number of nitrogens with one attached hydrogen (secondary N) is 1. The maximum absolute atomic E-state index is 9.05. The van der Waals surface area contributed by atoms with Crippen molar-refractivity contribution < 1.29 is 4.74 Å². The van der Waals surface area contributed by atoms with Crippen molar-refractivity contribution in [1.29, 1.82) is 5.26 Å². The Bertz CT molecular complexity index is 618. The van der Waals surface area contributed by atoms with Gasteiger partial charge in [-0.15, -0.1) is 0 Å². The predicted molar refractivity (Wildman–Crippen MR) is 77.2 cm³/mol. The second-order valence-electron chi connectivity index (χ2n) is 4.89. The number of ether oxygens (including phenoxy) is 1. The van der Waals surface area contributed by atoms with E-state index in [1.807, 2.05) is 36.4 Å². The molecule has 20 heavy (non-hydrogen) atoms. The number of rotatable bonds is 4.